The van der Waals surface area contributed by atoms with Crippen molar-refractivity contribution in [2.45, 2.75) is 57.1 Å². The molecular formula is C15H29N4O8P. The number of nitrogens with two attached hydrogens (primary N) is 1. The number of carbonyl (C=O) groups is 1. The maximum absolute atomic E-state index is 12.5. The van der Waals surface area contributed by atoms with Crippen molar-refractivity contribution in [2.75, 3.05) is 13.2 Å². The standard InChI is InChI=1S/C15H29N4O8P/c1-4-15(13(23)10(22)7-20)12(18-8(3)21)9(19-14(16)17)6-11(27-15)28(24,25)26-5-2/h6,9-10,12-13,20,22-23H,4-5,7H2,1-3H3,(H,18,21)(H,24,25)(H4,16,17,19)/t9-,10+,12+,13+,15+/m0/s1. The Morgan fingerprint density at radius 1 is 1.46 bits per heavy atom. The summed E-state index contributed by atoms with van der Waals surface area (Å²) in [5, 5.41) is 42.6. The minimum absolute atomic E-state index is 0.0598. The van der Waals surface area contributed by atoms with Crippen LogP contribution in [-0.2, 0) is 18.6 Å². The average Bonchev–Trinajstić information content (AvgIpc) is 2.60. The van der Waals surface area contributed by atoms with Gasteiger partial charge in [-0.1, -0.05) is 6.92 Å². The Hall–Kier alpha value is -1.69. The van der Waals surface area contributed by atoms with E-state index in [4.69, 9.17) is 20.4 Å². The molecule has 0 aromatic heterocycles. The number of rotatable bonds is 9. The largest absolute Gasteiger partial charge is 0.474 e. The zero-order chi connectivity index (χ0) is 21.7. The number of aliphatic hydroxyl groups is 3. The van der Waals surface area contributed by atoms with E-state index in [0.717, 1.165) is 6.08 Å². The molecule has 13 heteroatoms. The number of carbonyl (C=O) groups excluding carboxylic acids is 1. The van der Waals surface area contributed by atoms with Crippen LogP contribution in [0.2, 0.25) is 0 Å². The lowest BCUT2D eigenvalue weighted by atomic mass is 9.78. The number of hydrogen-bond acceptors (Lipinski definition) is 8. The van der Waals surface area contributed by atoms with Crippen molar-refractivity contribution in [1.82, 2.24) is 10.6 Å². The van der Waals surface area contributed by atoms with Gasteiger partial charge in [0.15, 0.2) is 11.6 Å². The second-order valence-corrected chi connectivity index (χ2v) is 8.05. The molecule has 1 unspecified atom stereocenters. The Kier molecular flexibility index (Phi) is 8.42. The van der Waals surface area contributed by atoms with Gasteiger partial charge in [0.2, 0.25) is 11.4 Å². The first-order chi connectivity index (χ1) is 12.9. The van der Waals surface area contributed by atoms with E-state index in [1.54, 1.807) is 6.92 Å². The lowest BCUT2D eigenvalue weighted by molar-refractivity contribution is -0.170. The molecule has 0 aromatic rings. The van der Waals surface area contributed by atoms with E-state index >= 15 is 0 Å². The molecule has 0 aliphatic carbocycles. The summed E-state index contributed by atoms with van der Waals surface area (Å²) >= 11 is 0. The summed E-state index contributed by atoms with van der Waals surface area (Å²) in [4.78, 5) is 22.0. The second-order valence-electron chi connectivity index (χ2n) is 6.31. The van der Waals surface area contributed by atoms with E-state index in [2.05, 4.69) is 10.6 Å². The van der Waals surface area contributed by atoms with Gasteiger partial charge in [-0.05, 0) is 19.4 Å². The zero-order valence-corrected chi connectivity index (χ0v) is 16.8. The highest BCUT2D eigenvalue weighted by Gasteiger charge is 2.56. The molecule has 9 N–H and O–H groups in total. The van der Waals surface area contributed by atoms with E-state index in [1.165, 1.54) is 13.8 Å². The molecule has 1 amide bonds. The van der Waals surface area contributed by atoms with Gasteiger partial charge in [-0.2, -0.15) is 0 Å². The summed E-state index contributed by atoms with van der Waals surface area (Å²) in [7, 11) is -4.46. The van der Waals surface area contributed by atoms with Crippen LogP contribution in [0.1, 0.15) is 27.2 Å². The van der Waals surface area contributed by atoms with Crippen LogP contribution in [0.3, 0.4) is 0 Å². The lowest BCUT2D eigenvalue weighted by Crippen LogP contribution is -2.71. The lowest BCUT2D eigenvalue weighted by Gasteiger charge is -2.50. The van der Waals surface area contributed by atoms with Crippen LogP contribution < -0.4 is 16.4 Å². The number of amides is 1. The van der Waals surface area contributed by atoms with E-state index < -0.39 is 61.5 Å². The van der Waals surface area contributed by atoms with Crippen LogP contribution in [0, 0.1) is 5.41 Å². The van der Waals surface area contributed by atoms with Crippen LogP contribution in [0.4, 0.5) is 0 Å². The molecule has 0 radical (unpaired) electrons. The number of nitrogens with one attached hydrogen (secondary N) is 3. The number of hydrogen-bond donors (Lipinski definition) is 8. The molecule has 162 valence electrons. The Bertz CT molecular complexity index is 660. The summed E-state index contributed by atoms with van der Waals surface area (Å²) in [6, 6.07) is -2.19. The molecule has 1 aliphatic rings. The minimum Gasteiger partial charge on any atom is -0.474 e. The molecule has 0 bridgehead atoms. The number of guanidine groups is 1. The van der Waals surface area contributed by atoms with E-state index in [9.17, 15) is 29.6 Å². The molecule has 0 fully saturated rings. The predicted octanol–water partition coefficient (Wildman–Crippen LogP) is -1.70. The molecule has 6 atom stereocenters. The zero-order valence-electron chi connectivity index (χ0n) is 16.0. The minimum atomic E-state index is -4.46. The van der Waals surface area contributed by atoms with Crippen molar-refractivity contribution in [3.63, 3.8) is 0 Å². The topological polar surface area (TPSA) is 207 Å². The van der Waals surface area contributed by atoms with Gasteiger partial charge in [0.05, 0.1) is 25.3 Å². The van der Waals surface area contributed by atoms with Gasteiger partial charge in [-0.25, -0.2) is 0 Å². The Labute approximate surface area is 162 Å². The summed E-state index contributed by atoms with van der Waals surface area (Å²) in [6.45, 7) is 3.31. The SMILES string of the molecule is CCOP(=O)(O)C1=C[C@H](NC(=N)N)[C@@H](NC(C)=O)[C@](CC)([C@H](O)[C@H](O)CO)O1. The molecule has 0 saturated carbocycles. The molecule has 1 rings (SSSR count). The normalized spacial score (nSPS) is 28.9. The number of ether oxygens (including phenoxy) is 1. The van der Waals surface area contributed by atoms with E-state index in [0.29, 0.717) is 0 Å². The van der Waals surface area contributed by atoms with E-state index in [-0.39, 0.29) is 13.0 Å². The Morgan fingerprint density at radius 3 is 2.50 bits per heavy atom. The first kappa shape index (κ1) is 24.3. The highest BCUT2D eigenvalue weighted by Crippen LogP contribution is 2.55. The van der Waals surface area contributed by atoms with Gasteiger partial charge in [0, 0.05) is 6.92 Å². The Balaban J connectivity index is 3.63. The summed E-state index contributed by atoms with van der Waals surface area (Å²) in [6.07, 6.45) is -2.39. The van der Waals surface area contributed by atoms with Crippen LogP contribution in [-0.4, -0.2) is 75.2 Å². The van der Waals surface area contributed by atoms with Crippen LogP contribution >= 0.6 is 7.60 Å². The average molecular weight is 424 g/mol. The molecule has 12 nitrogen and oxygen atoms in total. The quantitative estimate of drug-likeness (QED) is 0.119. The first-order valence-corrected chi connectivity index (χ1v) is 10.3. The molecule has 0 spiro atoms. The van der Waals surface area contributed by atoms with E-state index in [1.807, 2.05) is 0 Å². The highest BCUT2D eigenvalue weighted by atomic mass is 31.2. The second kappa shape index (κ2) is 9.68. The maximum atomic E-state index is 12.5. The van der Waals surface area contributed by atoms with Crippen LogP contribution in [0.5, 0.6) is 0 Å². The van der Waals surface area contributed by atoms with Gasteiger partial charge >= 0.3 is 7.60 Å². The molecule has 1 heterocycles. The third-order valence-corrected chi connectivity index (χ3v) is 5.78. The summed E-state index contributed by atoms with van der Waals surface area (Å²) in [5.41, 5.74) is 3.01. The third kappa shape index (κ3) is 5.22. The maximum Gasteiger partial charge on any atom is 0.392 e. The van der Waals surface area contributed by atoms with Gasteiger partial charge < -0.3 is 45.8 Å². The van der Waals surface area contributed by atoms with Crippen LogP contribution in [0.25, 0.3) is 0 Å². The monoisotopic (exact) mass is 424 g/mol. The fourth-order valence-electron chi connectivity index (χ4n) is 3.14. The van der Waals surface area contributed by atoms with Gasteiger partial charge in [-0.3, -0.25) is 14.8 Å². The van der Waals surface area contributed by atoms with Crippen molar-refractivity contribution in [3.8, 4) is 0 Å². The van der Waals surface area contributed by atoms with Gasteiger partial charge in [0.1, 0.15) is 12.2 Å². The molecule has 0 aromatic carbocycles. The summed E-state index contributed by atoms with van der Waals surface area (Å²) < 4.78 is 23.1. The van der Waals surface area contributed by atoms with Crippen molar-refractivity contribution >= 4 is 19.5 Å². The first-order valence-electron chi connectivity index (χ1n) is 8.68. The number of aliphatic hydroxyl groups excluding tert-OH is 3. The molecule has 0 saturated heterocycles. The van der Waals surface area contributed by atoms with Crippen molar-refractivity contribution in [2.24, 2.45) is 5.73 Å². The fraction of sp³-hybridized carbons (Fsp3) is 0.733. The van der Waals surface area contributed by atoms with Crippen molar-refractivity contribution in [3.05, 3.63) is 11.6 Å². The Morgan fingerprint density at radius 2 is 2.07 bits per heavy atom. The smallest absolute Gasteiger partial charge is 0.392 e. The third-order valence-electron chi connectivity index (χ3n) is 4.37. The molecular weight excluding hydrogens is 395 g/mol. The predicted molar refractivity (Wildman–Crippen MR) is 99.2 cm³/mol. The molecule has 1 aliphatic heterocycles. The van der Waals surface area contributed by atoms with Gasteiger partial charge in [0.25, 0.3) is 0 Å². The van der Waals surface area contributed by atoms with Gasteiger partial charge in [-0.15, -0.1) is 0 Å². The fourth-order valence-corrected chi connectivity index (χ4v) is 4.25. The summed E-state index contributed by atoms with van der Waals surface area (Å²) in [5.74, 6) is -1.04. The van der Waals surface area contributed by atoms with Crippen LogP contribution in [0.15, 0.2) is 11.6 Å². The molecule has 28 heavy (non-hydrogen) atoms. The highest BCUT2D eigenvalue weighted by molar-refractivity contribution is 7.57. The van der Waals surface area contributed by atoms with Crippen molar-refractivity contribution < 1.29 is 38.8 Å². The van der Waals surface area contributed by atoms with Crippen molar-refractivity contribution in [1.29, 1.82) is 5.41 Å².